The molecule has 1 N–H and O–H groups in total. The topological polar surface area (TPSA) is 73.4 Å². The van der Waals surface area contributed by atoms with Crippen molar-refractivity contribution in [2.75, 3.05) is 58.9 Å². The summed E-state index contributed by atoms with van der Waals surface area (Å²) in [6.07, 6.45) is 0. The minimum atomic E-state index is -1.11. The van der Waals surface area contributed by atoms with E-state index < -0.39 is 28.6 Å². The van der Waals surface area contributed by atoms with Gasteiger partial charge in [-0.15, -0.1) is 0 Å². The number of carbonyl (C=O) groups excluding carboxylic acids is 1. The van der Waals surface area contributed by atoms with Crippen LogP contribution in [0.4, 0.5) is 20.3 Å². The lowest BCUT2D eigenvalue weighted by molar-refractivity contribution is -0.124. The Labute approximate surface area is 216 Å². The van der Waals surface area contributed by atoms with Gasteiger partial charge >= 0.3 is 0 Å². The quantitative estimate of drug-likeness (QED) is 0.559. The Hall–Kier alpha value is -3.24. The molecule has 0 atom stereocenters. The Balaban J connectivity index is 1.75. The molecule has 0 radical (unpaired) electrons. The molecule has 200 valence electrons. The minimum absolute atomic E-state index is 0.00266. The molecule has 1 aromatic carbocycles. The van der Waals surface area contributed by atoms with Gasteiger partial charge in [-0.1, -0.05) is 0 Å². The number of nitrogens with zero attached hydrogens (tertiary/aromatic N) is 4. The Morgan fingerprint density at radius 3 is 2.22 bits per heavy atom. The van der Waals surface area contributed by atoms with Crippen molar-refractivity contribution in [3.05, 3.63) is 40.6 Å². The van der Waals surface area contributed by atoms with E-state index in [-0.39, 0.29) is 18.0 Å². The SMILES string of the molecule is C=Nc1[nH]c(CN2CCN(C)CC2)cc1C1=C(C)CN(c2c(F)c(OC)cc(OC)c2F)C(=O)C1(C)C. The number of halogens is 2. The molecule has 1 fully saturated rings. The first-order valence-electron chi connectivity index (χ1n) is 12.3. The predicted octanol–water partition coefficient (Wildman–Crippen LogP) is 4.24. The Morgan fingerprint density at radius 1 is 1.08 bits per heavy atom. The Morgan fingerprint density at radius 2 is 1.68 bits per heavy atom. The Bertz CT molecular complexity index is 1220. The molecular formula is C27H35F2N5O3. The van der Waals surface area contributed by atoms with Crippen molar-refractivity contribution in [2.24, 2.45) is 10.4 Å². The number of methoxy groups -OCH3 is 2. The van der Waals surface area contributed by atoms with Gasteiger partial charge in [-0.25, -0.2) is 13.8 Å². The van der Waals surface area contributed by atoms with Crippen LogP contribution < -0.4 is 14.4 Å². The van der Waals surface area contributed by atoms with Crippen LogP contribution in [0, 0.1) is 17.0 Å². The molecular weight excluding hydrogens is 480 g/mol. The number of H-pyrrole nitrogens is 1. The molecule has 0 bridgehead atoms. The van der Waals surface area contributed by atoms with Gasteiger partial charge in [0.05, 0.1) is 19.6 Å². The number of aromatic amines is 1. The molecule has 3 heterocycles. The molecule has 4 rings (SSSR count). The maximum atomic E-state index is 15.3. The van der Waals surface area contributed by atoms with Crippen molar-refractivity contribution in [1.29, 1.82) is 0 Å². The highest BCUT2D eigenvalue weighted by Crippen LogP contribution is 2.48. The van der Waals surface area contributed by atoms with E-state index >= 15 is 8.78 Å². The summed E-state index contributed by atoms with van der Waals surface area (Å²) in [7, 11) is 4.67. The summed E-state index contributed by atoms with van der Waals surface area (Å²) < 4.78 is 40.8. The highest BCUT2D eigenvalue weighted by Gasteiger charge is 2.45. The molecule has 8 nitrogen and oxygen atoms in total. The number of nitrogens with one attached hydrogen (secondary N) is 1. The van der Waals surface area contributed by atoms with E-state index in [0.29, 0.717) is 5.82 Å². The van der Waals surface area contributed by atoms with E-state index in [1.165, 1.54) is 14.2 Å². The van der Waals surface area contributed by atoms with Crippen LogP contribution in [0.25, 0.3) is 5.57 Å². The first-order chi connectivity index (χ1) is 17.5. The van der Waals surface area contributed by atoms with Gasteiger partial charge in [0.25, 0.3) is 0 Å². The van der Waals surface area contributed by atoms with Crippen molar-refractivity contribution in [3.8, 4) is 11.5 Å². The molecule has 2 aliphatic heterocycles. The zero-order valence-corrected chi connectivity index (χ0v) is 22.4. The van der Waals surface area contributed by atoms with Crippen LogP contribution in [0.1, 0.15) is 32.0 Å². The fraction of sp³-hybridized carbons (Fsp3) is 0.481. The molecule has 0 saturated carbocycles. The monoisotopic (exact) mass is 515 g/mol. The molecule has 2 aromatic rings. The predicted molar refractivity (Wildman–Crippen MR) is 141 cm³/mol. The van der Waals surface area contributed by atoms with Crippen LogP contribution in [-0.4, -0.2) is 81.4 Å². The van der Waals surface area contributed by atoms with Crippen molar-refractivity contribution < 1.29 is 23.0 Å². The van der Waals surface area contributed by atoms with Crippen LogP contribution in [-0.2, 0) is 11.3 Å². The number of likely N-dealkylation sites (N-methyl/N-ethyl adjacent to an activating group) is 1. The lowest BCUT2D eigenvalue weighted by Crippen LogP contribution is -2.47. The number of benzene rings is 1. The van der Waals surface area contributed by atoms with Gasteiger partial charge in [0.2, 0.25) is 5.91 Å². The molecule has 2 aliphatic rings. The van der Waals surface area contributed by atoms with Gasteiger partial charge in [-0.05, 0) is 51.7 Å². The maximum absolute atomic E-state index is 15.3. The summed E-state index contributed by atoms with van der Waals surface area (Å²) in [5.41, 5.74) is 1.72. The third-order valence-corrected chi connectivity index (χ3v) is 7.32. The highest BCUT2D eigenvalue weighted by molar-refractivity contribution is 6.09. The maximum Gasteiger partial charge on any atom is 0.237 e. The largest absolute Gasteiger partial charge is 0.493 e. The normalized spacial score (nSPS) is 18.9. The summed E-state index contributed by atoms with van der Waals surface area (Å²) in [6, 6.07) is 3.15. The van der Waals surface area contributed by atoms with E-state index in [1.807, 2.05) is 13.0 Å². The van der Waals surface area contributed by atoms with Crippen LogP contribution in [0.15, 0.2) is 22.7 Å². The molecule has 1 aromatic heterocycles. The zero-order valence-electron chi connectivity index (χ0n) is 22.4. The third-order valence-electron chi connectivity index (χ3n) is 7.32. The second kappa shape index (κ2) is 10.3. The average molecular weight is 516 g/mol. The fourth-order valence-corrected chi connectivity index (χ4v) is 5.37. The summed E-state index contributed by atoms with van der Waals surface area (Å²) in [5.74, 6) is -2.19. The molecule has 37 heavy (non-hydrogen) atoms. The van der Waals surface area contributed by atoms with Crippen LogP contribution in [0.5, 0.6) is 11.5 Å². The van der Waals surface area contributed by atoms with Crippen molar-refractivity contribution in [1.82, 2.24) is 14.8 Å². The third kappa shape index (κ3) is 4.75. The zero-order chi connectivity index (χ0) is 27.1. The lowest BCUT2D eigenvalue weighted by Gasteiger charge is -2.40. The smallest absolute Gasteiger partial charge is 0.237 e. The van der Waals surface area contributed by atoms with Gasteiger partial charge in [0.1, 0.15) is 11.5 Å². The van der Waals surface area contributed by atoms with Gasteiger partial charge < -0.3 is 24.3 Å². The van der Waals surface area contributed by atoms with Gasteiger partial charge in [-0.3, -0.25) is 9.69 Å². The van der Waals surface area contributed by atoms with E-state index in [2.05, 4.69) is 33.5 Å². The van der Waals surface area contributed by atoms with Crippen LogP contribution in [0.2, 0.25) is 0 Å². The summed E-state index contributed by atoms with van der Waals surface area (Å²) >= 11 is 0. The van der Waals surface area contributed by atoms with Crippen molar-refractivity contribution in [3.63, 3.8) is 0 Å². The van der Waals surface area contributed by atoms with Crippen LogP contribution in [0.3, 0.4) is 0 Å². The summed E-state index contributed by atoms with van der Waals surface area (Å²) in [6.45, 7) is 13.8. The number of hydrogen-bond donors (Lipinski definition) is 1. The van der Waals surface area contributed by atoms with E-state index in [9.17, 15) is 4.79 Å². The first kappa shape index (κ1) is 26.8. The number of hydrogen-bond acceptors (Lipinski definition) is 6. The van der Waals surface area contributed by atoms with E-state index in [4.69, 9.17) is 9.47 Å². The molecule has 0 unspecified atom stereocenters. The van der Waals surface area contributed by atoms with Gasteiger partial charge in [-0.2, -0.15) is 0 Å². The number of amides is 1. The van der Waals surface area contributed by atoms with E-state index in [1.54, 1.807) is 13.8 Å². The number of carbonyl (C=O) groups is 1. The number of aliphatic imine (C=N–C) groups is 1. The van der Waals surface area contributed by atoms with E-state index in [0.717, 1.165) is 66.1 Å². The molecule has 0 aliphatic carbocycles. The minimum Gasteiger partial charge on any atom is -0.493 e. The number of ether oxygens (including phenoxy) is 2. The van der Waals surface area contributed by atoms with Gasteiger partial charge in [0, 0.05) is 56.6 Å². The molecule has 1 saturated heterocycles. The summed E-state index contributed by atoms with van der Waals surface area (Å²) in [4.78, 5) is 27.2. The number of piperazine rings is 1. The highest BCUT2D eigenvalue weighted by atomic mass is 19.1. The standard InChI is InChI=1S/C27H35F2N5O3/c1-16-14-34(24-22(28)19(36-6)13-20(37-7)23(24)29)26(35)27(2,3)21(16)18-12-17(31-25(18)30-4)15-33-10-8-32(5)9-11-33/h12-13,31H,4,8-11,14-15H2,1-3,5-7H3. The number of anilines is 1. The molecule has 10 heteroatoms. The second-order valence-electron chi connectivity index (χ2n) is 10.2. The second-order valence-corrected chi connectivity index (χ2v) is 10.2. The molecule has 0 spiro atoms. The number of aromatic nitrogens is 1. The molecule has 1 amide bonds. The Kier molecular flexibility index (Phi) is 7.43. The average Bonchev–Trinajstić information content (AvgIpc) is 3.25. The first-order valence-corrected chi connectivity index (χ1v) is 12.3. The fourth-order valence-electron chi connectivity index (χ4n) is 5.37. The van der Waals surface area contributed by atoms with Gasteiger partial charge in [0.15, 0.2) is 23.1 Å². The van der Waals surface area contributed by atoms with Crippen molar-refractivity contribution >= 4 is 29.7 Å². The summed E-state index contributed by atoms with van der Waals surface area (Å²) in [5, 5.41) is 0. The van der Waals surface area contributed by atoms with Crippen LogP contribution >= 0.6 is 0 Å². The number of rotatable bonds is 7. The van der Waals surface area contributed by atoms with Crippen molar-refractivity contribution in [2.45, 2.75) is 27.3 Å². The lowest BCUT2D eigenvalue weighted by atomic mass is 9.74.